The molecule has 1 amide bonds. The monoisotopic (exact) mass is 391 g/mol. The third-order valence-corrected chi connectivity index (χ3v) is 4.81. The Balaban J connectivity index is 1.92. The molecule has 0 saturated carbocycles. The Morgan fingerprint density at radius 3 is 2.52 bits per heavy atom. The predicted octanol–water partition coefficient (Wildman–Crippen LogP) is 3.66. The predicted molar refractivity (Wildman–Crippen MR) is 111 cm³/mol. The second-order valence-electron chi connectivity index (χ2n) is 6.74. The van der Waals surface area contributed by atoms with E-state index >= 15 is 0 Å². The van der Waals surface area contributed by atoms with E-state index in [4.69, 9.17) is 4.74 Å². The molecule has 0 atom stereocenters. The molecule has 3 rings (SSSR count). The summed E-state index contributed by atoms with van der Waals surface area (Å²) in [4.78, 5) is 29.3. The molecule has 2 heterocycles. The minimum Gasteiger partial charge on any atom is -0.462 e. The van der Waals surface area contributed by atoms with E-state index < -0.39 is 0 Å². The van der Waals surface area contributed by atoms with Crippen LogP contribution >= 0.6 is 0 Å². The third-order valence-electron chi connectivity index (χ3n) is 4.81. The number of hydrogen-bond donors (Lipinski definition) is 1. The Hall–Kier alpha value is -3.41. The summed E-state index contributed by atoms with van der Waals surface area (Å²) < 4.78 is 7.13. The molecular formula is C23H25N3O3. The van der Waals surface area contributed by atoms with E-state index in [2.05, 4.69) is 10.3 Å². The Morgan fingerprint density at radius 1 is 1.10 bits per heavy atom. The van der Waals surface area contributed by atoms with Gasteiger partial charge < -0.3 is 14.6 Å². The number of pyridine rings is 1. The highest BCUT2D eigenvalue weighted by atomic mass is 16.5. The summed E-state index contributed by atoms with van der Waals surface area (Å²) in [7, 11) is 0. The van der Waals surface area contributed by atoms with Gasteiger partial charge in [-0.3, -0.25) is 9.78 Å². The van der Waals surface area contributed by atoms with Crippen molar-refractivity contribution in [3.63, 3.8) is 0 Å². The number of rotatable bonds is 7. The molecule has 0 saturated heterocycles. The van der Waals surface area contributed by atoms with Crippen molar-refractivity contribution in [2.45, 2.75) is 33.9 Å². The number of nitrogens with one attached hydrogen (secondary N) is 1. The highest BCUT2D eigenvalue weighted by Crippen LogP contribution is 2.31. The topological polar surface area (TPSA) is 73.2 Å². The molecule has 0 aliphatic carbocycles. The number of carbonyl (C=O) groups is 2. The van der Waals surface area contributed by atoms with Crippen molar-refractivity contribution in [3.8, 4) is 11.3 Å². The van der Waals surface area contributed by atoms with E-state index in [9.17, 15) is 9.59 Å². The quantitative estimate of drug-likeness (QED) is 0.624. The van der Waals surface area contributed by atoms with E-state index in [0.29, 0.717) is 18.7 Å². The van der Waals surface area contributed by atoms with Crippen molar-refractivity contribution in [1.82, 2.24) is 14.9 Å². The van der Waals surface area contributed by atoms with Crippen LogP contribution in [0.15, 0.2) is 54.9 Å². The average Bonchev–Trinajstić information content (AvgIpc) is 2.97. The maximum Gasteiger partial charge on any atom is 0.340 e. The van der Waals surface area contributed by atoms with Gasteiger partial charge in [0.25, 0.3) is 0 Å². The lowest BCUT2D eigenvalue weighted by atomic mass is 10.1. The smallest absolute Gasteiger partial charge is 0.340 e. The van der Waals surface area contributed by atoms with Crippen LogP contribution in [0.5, 0.6) is 0 Å². The van der Waals surface area contributed by atoms with Gasteiger partial charge in [-0.05, 0) is 43.5 Å². The average molecular weight is 391 g/mol. The van der Waals surface area contributed by atoms with Crippen LogP contribution in [0.1, 0.15) is 34.1 Å². The third kappa shape index (κ3) is 4.54. The van der Waals surface area contributed by atoms with Crippen LogP contribution in [0.4, 0.5) is 0 Å². The number of ether oxygens (including phenoxy) is 1. The molecular weight excluding hydrogens is 366 g/mol. The largest absolute Gasteiger partial charge is 0.462 e. The highest BCUT2D eigenvalue weighted by Gasteiger charge is 2.25. The summed E-state index contributed by atoms with van der Waals surface area (Å²) in [5, 5.41) is 2.92. The minimum absolute atomic E-state index is 0.108. The normalized spacial score (nSPS) is 10.6. The van der Waals surface area contributed by atoms with Gasteiger partial charge in [-0.2, -0.15) is 0 Å². The van der Waals surface area contributed by atoms with Crippen LogP contribution in [0.2, 0.25) is 0 Å². The number of esters is 1. The number of amides is 1. The standard InChI is InChI=1S/C23H25N3O3/c1-4-29-23(28)21-16(2)22(19-10-6-5-7-11-19)26(17(21)3)15-20(27)25-14-18-9-8-12-24-13-18/h5-13H,4,14-15H2,1-3H3,(H,25,27). The first-order valence-corrected chi connectivity index (χ1v) is 9.60. The summed E-state index contributed by atoms with van der Waals surface area (Å²) >= 11 is 0. The zero-order chi connectivity index (χ0) is 20.8. The summed E-state index contributed by atoms with van der Waals surface area (Å²) in [6.45, 7) is 6.33. The maximum atomic E-state index is 12.7. The van der Waals surface area contributed by atoms with Crippen LogP contribution in [-0.2, 0) is 22.6 Å². The van der Waals surface area contributed by atoms with Gasteiger partial charge in [-0.25, -0.2) is 4.79 Å². The molecule has 0 fully saturated rings. The van der Waals surface area contributed by atoms with Gasteiger partial charge in [0.1, 0.15) is 6.54 Å². The Labute approximate surface area is 170 Å². The zero-order valence-corrected chi connectivity index (χ0v) is 16.9. The molecule has 0 aliphatic heterocycles. The van der Waals surface area contributed by atoms with Crippen LogP contribution in [0, 0.1) is 13.8 Å². The zero-order valence-electron chi connectivity index (χ0n) is 16.9. The lowest BCUT2D eigenvalue weighted by Gasteiger charge is -2.13. The van der Waals surface area contributed by atoms with Gasteiger partial charge in [0.15, 0.2) is 0 Å². The van der Waals surface area contributed by atoms with Gasteiger partial charge in [0, 0.05) is 24.6 Å². The lowest BCUT2D eigenvalue weighted by Crippen LogP contribution is -2.28. The maximum absolute atomic E-state index is 12.7. The molecule has 0 bridgehead atoms. The van der Waals surface area contributed by atoms with Gasteiger partial charge in [-0.1, -0.05) is 36.4 Å². The SMILES string of the molecule is CCOC(=O)c1c(C)c(-c2ccccc2)n(CC(=O)NCc2cccnc2)c1C. The number of aromatic nitrogens is 2. The van der Waals surface area contributed by atoms with Crippen LogP contribution in [0.25, 0.3) is 11.3 Å². The Kier molecular flexibility index (Phi) is 6.44. The molecule has 0 unspecified atom stereocenters. The van der Waals surface area contributed by atoms with Crippen LogP contribution < -0.4 is 5.32 Å². The Morgan fingerprint density at radius 2 is 1.86 bits per heavy atom. The number of carbonyl (C=O) groups excluding carboxylic acids is 2. The fourth-order valence-electron chi connectivity index (χ4n) is 3.47. The molecule has 0 spiro atoms. The number of benzene rings is 1. The minimum atomic E-state index is -0.366. The second-order valence-corrected chi connectivity index (χ2v) is 6.74. The number of nitrogens with zero attached hydrogens (tertiary/aromatic N) is 2. The molecule has 1 N–H and O–H groups in total. The second kappa shape index (κ2) is 9.19. The fraction of sp³-hybridized carbons (Fsp3) is 0.261. The van der Waals surface area contributed by atoms with E-state index in [-0.39, 0.29) is 18.4 Å². The van der Waals surface area contributed by atoms with Crippen LogP contribution in [-0.4, -0.2) is 28.0 Å². The highest BCUT2D eigenvalue weighted by molar-refractivity contribution is 5.95. The van der Waals surface area contributed by atoms with Crippen molar-refractivity contribution in [1.29, 1.82) is 0 Å². The first-order valence-electron chi connectivity index (χ1n) is 9.60. The first kappa shape index (κ1) is 20.3. The summed E-state index contributed by atoms with van der Waals surface area (Å²) in [5.41, 5.74) is 4.78. The molecule has 0 aliphatic rings. The first-order chi connectivity index (χ1) is 14.0. The lowest BCUT2D eigenvalue weighted by molar-refractivity contribution is -0.121. The van der Waals surface area contributed by atoms with Gasteiger partial charge >= 0.3 is 5.97 Å². The van der Waals surface area contributed by atoms with Crippen molar-refractivity contribution in [2.75, 3.05) is 6.61 Å². The molecule has 29 heavy (non-hydrogen) atoms. The van der Waals surface area contributed by atoms with Crippen molar-refractivity contribution in [3.05, 3.63) is 77.2 Å². The molecule has 3 aromatic rings. The van der Waals surface area contributed by atoms with Gasteiger partial charge in [-0.15, -0.1) is 0 Å². The Bertz CT molecular complexity index is 995. The molecule has 150 valence electrons. The van der Waals surface area contributed by atoms with E-state index in [1.165, 1.54) is 0 Å². The molecule has 6 nitrogen and oxygen atoms in total. The molecule has 0 radical (unpaired) electrons. The van der Waals surface area contributed by atoms with Crippen molar-refractivity contribution < 1.29 is 14.3 Å². The summed E-state index contributed by atoms with van der Waals surface area (Å²) in [6, 6.07) is 13.5. The van der Waals surface area contributed by atoms with Crippen molar-refractivity contribution in [2.24, 2.45) is 0 Å². The van der Waals surface area contributed by atoms with Crippen LogP contribution in [0.3, 0.4) is 0 Å². The van der Waals surface area contributed by atoms with Crippen molar-refractivity contribution >= 4 is 11.9 Å². The molecule has 1 aromatic carbocycles. The number of hydrogen-bond acceptors (Lipinski definition) is 4. The molecule has 2 aromatic heterocycles. The van der Waals surface area contributed by atoms with Gasteiger partial charge in [0.2, 0.25) is 5.91 Å². The summed E-state index contributed by atoms with van der Waals surface area (Å²) in [6.07, 6.45) is 3.42. The summed E-state index contributed by atoms with van der Waals surface area (Å²) in [5.74, 6) is -0.506. The van der Waals surface area contributed by atoms with E-state index in [1.54, 1.807) is 19.3 Å². The molecule has 6 heteroatoms. The fourth-order valence-corrected chi connectivity index (χ4v) is 3.47. The van der Waals surface area contributed by atoms with Gasteiger partial charge in [0.05, 0.1) is 17.9 Å². The van der Waals surface area contributed by atoms with E-state index in [1.807, 2.05) is 60.9 Å². The van der Waals surface area contributed by atoms with E-state index in [0.717, 1.165) is 28.1 Å².